The molecule has 0 amide bonds. The van der Waals surface area contributed by atoms with Crippen LogP contribution in [0.5, 0.6) is 0 Å². The van der Waals surface area contributed by atoms with Crippen LogP contribution in [0.1, 0.15) is 31.4 Å². The predicted molar refractivity (Wildman–Crippen MR) is 114 cm³/mol. The number of hydrogen-bond donors (Lipinski definition) is 1. The van der Waals surface area contributed by atoms with E-state index in [0.29, 0.717) is 15.9 Å². The molecule has 2 aromatic carbocycles. The number of H-pyrrole nitrogens is 1. The summed E-state index contributed by atoms with van der Waals surface area (Å²) >= 11 is 5.89. The van der Waals surface area contributed by atoms with Gasteiger partial charge in [0.15, 0.2) is 5.41 Å². The van der Waals surface area contributed by atoms with E-state index in [4.69, 9.17) is 21.1 Å². The molecule has 0 aliphatic rings. The molecule has 1 heterocycles. The molecule has 0 aliphatic heterocycles. The molecule has 1 unspecified atom stereocenters. The number of fused-ring (bicyclic) bond motifs is 1. The van der Waals surface area contributed by atoms with Crippen LogP contribution < -0.4 is 5.56 Å². The lowest BCUT2D eigenvalue weighted by atomic mass is 9.76. The zero-order chi connectivity index (χ0) is 21.7. The number of para-hydroxylation sites is 1. The Labute approximate surface area is 178 Å². The molecule has 1 aromatic heterocycles. The van der Waals surface area contributed by atoms with E-state index in [1.54, 1.807) is 62.4 Å². The van der Waals surface area contributed by atoms with Crippen molar-refractivity contribution < 1.29 is 19.1 Å². The lowest BCUT2D eigenvalue weighted by Crippen LogP contribution is -2.46. The van der Waals surface area contributed by atoms with Gasteiger partial charge in [0.25, 0.3) is 0 Å². The van der Waals surface area contributed by atoms with E-state index in [0.717, 1.165) is 5.56 Å². The molecule has 3 rings (SSSR count). The number of aromatic amines is 1. The molecule has 1 atom stereocenters. The van der Waals surface area contributed by atoms with Gasteiger partial charge < -0.3 is 14.5 Å². The van der Waals surface area contributed by atoms with Crippen LogP contribution in [0.25, 0.3) is 10.9 Å². The second-order valence-electron chi connectivity index (χ2n) is 6.77. The number of halogens is 1. The number of carbonyl (C=O) groups is 2. The second-order valence-corrected chi connectivity index (χ2v) is 7.21. The van der Waals surface area contributed by atoms with E-state index in [1.807, 2.05) is 0 Å². The van der Waals surface area contributed by atoms with Crippen molar-refractivity contribution in [3.8, 4) is 0 Å². The molecule has 0 aliphatic carbocycles. The summed E-state index contributed by atoms with van der Waals surface area (Å²) in [6.07, 6.45) is 0.0682. The Morgan fingerprint density at radius 1 is 1.00 bits per heavy atom. The van der Waals surface area contributed by atoms with Gasteiger partial charge in [0.2, 0.25) is 5.56 Å². The Balaban J connectivity index is 2.10. The number of carbonyl (C=O) groups excluding carboxylic acids is 2. The Morgan fingerprint density at radius 2 is 1.67 bits per heavy atom. The smallest absolute Gasteiger partial charge is 0.328 e. The van der Waals surface area contributed by atoms with Gasteiger partial charge in [-0.2, -0.15) is 0 Å². The maximum atomic E-state index is 13.3. The zero-order valence-corrected chi connectivity index (χ0v) is 17.5. The molecule has 0 saturated heterocycles. The van der Waals surface area contributed by atoms with Crippen molar-refractivity contribution in [3.05, 3.63) is 81.1 Å². The lowest BCUT2D eigenvalue weighted by Gasteiger charge is -2.29. The molecule has 1 N–H and O–H groups in total. The number of aromatic nitrogens is 1. The maximum absolute atomic E-state index is 13.3. The van der Waals surface area contributed by atoms with E-state index in [1.165, 1.54) is 6.07 Å². The van der Waals surface area contributed by atoms with Gasteiger partial charge >= 0.3 is 11.9 Å². The summed E-state index contributed by atoms with van der Waals surface area (Å²) in [6, 6.07) is 15.1. The van der Waals surface area contributed by atoms with Gasteiger partial charge in [-0.3, -0.25) is 14.4 Å². The molecule has 7 heteroatoms. The normalized spacial score (nSPS) is 12.9. The van der Waals surface area contributed by atoms with Crippen LogP contribution in [-0.4, -0.2) is 23.5 Å². The highest BCUT2D eigenvalue weighted by Gasteiger charge is 2.50. The molecule has 0 saturated carbocycles. The van der Waals surface area contributed by atoms with E-state index in [9.17, 15) is 14.4 Å². The number of ether oxygens (including phenoxy) is 2. The highest BCUT2D eigenvalue weighted by molar-refractivity contribution is 6.30. The van der Waals surface area contributed by atoms with Crippen molar-refractivity contribution >= 4 is 34.4 Å². The molecule has 0 bridgehead atoms. The number of benzene rings is 2. The minimum Gasteiger partial charge on any atom is -0.465 e. The zero-order valence-electron chi connectivity index (χ0n) is 16.7. The number of nitrogens with one attached hydrogen (secondary N) is 1. The fraction of sp³-hybridized carbons (Fsp3) is 0.261. The third kappa shape index (κ3) is 4.09. The first-order valence-corrected chi connectivity index (χ1v) is 10.0. The van der Waals surface area contributed by atoms with Crippen LogP contribution in [0.2, 0.25) is 5.02 Å². The molecule has 0 radical (unpaired) electrons. The molecule has 0 fully saturated rings. The summed E-state index contributed by atoms with van der Waals surface area (Å²) in [7, 11) is 0. The van der Waals surface area contributed by atoms with Crippen LogP contribution in [0, 0.1) is 0 Å². The van der Waals surface area contributed by atoms with Crippen molar-refractivity contribution in [2.24, 2.45) is 0 Å². The van der Waals surface area contributed by atoms with Gasteiger partial charge in [0, 0.05) is 22.0 Å². The van der Waals surface area contributed by atoms with Crippen LogP contribution in [0.3, 0.4) is 0 Å². The fourth-order valence-corrected chi connectivity index (χ4v) is 3.57. The summed E-state index contributed by atoms with van der Waals surface area (Å²) in [5.74, 6) is -1.52. The third-order valence-electron chi connectivity index (χ3n) is 5.00. The quantitative estimate of drug-likeness (QED) is 0.452. The van der Waals surface area contributed by atoms with Crippen molar-refractivity contribution in [1.82, 2.24) is 4.98 Å². The molecule has 156 valence electrons. The van der Waals surface area contributed by atoms with Crippen molar-refractivity contribution in [3.63, 3.8) is 0 Å². The molecule has 0 spiro atoms. The first kappa shape index (κ1) is 21.6. The van der Waals surface area contributed by atoms with E-state index in [2.05, 4.69) is 4.98 Å². The van der Waals surface area contributed by atoms with E-state index in [-0.39, 0.29) is 25.2 Å². The van der Waals surface area contributed by atoms with Crippen molar-refractivity contribution in [1.29, 1.82) is 0 Å². The first-order valence-electron chi connectivity index (χ1n) is 9.63. The number of esters is 2. The Morgan fingerprint density at radius 3 is 2.33 bits per heavy atom. The van der Waals surface area contributed by atoms with Crippen LogP contribution in [-0.2, 0) is 31.1 Å². The number of rotatable bonds is 7. The summed E-state index contributed by atoms with van der Waals surface area (Å²) in [5, 5.41) is 1.14. The molecule has 6 nitrogen and oxygen atoms in total. The van der Waals surface area contributed by atoms with Crippen molar-refractivity contribution in [2.75, 3.05) is 6.61 Å². The van der Waals surface area contributed by atoms with Crippen LogP contribution in [0.15, 0.2) is 59.4 Å². The van der Waals surface area contributed by atoms with Gasteiger partial charge in [-0.15, -0.1) is 0 Å². The van der Waals surface area contributed by atoms with Crippen LogP contribution >= 0.6 is 11.6 Å². The number of hydrogen-bond acceptors (Lipinski definition) is 5. The standard InChI is InChI=1S/C23H22ClNO5/c1-3-23(21(27)29-4-2,22(28)30-14-15-9-11-16(24)12-10-15)18-13-20(26)25-19-8-6-5-7-17(18)19/h5-13H,3-4,14H2,1-2H3,(H,25,26). The molecule has 30 heavy (non-hydrogen) atoms. The minimum absolute atomic E-state index is 0.0434. The van der Waals surface area contributed by atoms with E-state index >= 15 is 0 Å². The van der Waals surface area contributed by atoms with Crippen LogP contribution in [0.4, 0.5) is 0 Å². The first-order chi connectivity index (χ1) is 14.4. The monoisotopic (exact) mass is 427 g/mol. The summed E-state index contributed by atoms with van der Waals surface area (Å²) in [5.41, 5.74) is -0.679. The number of pyridine rings is 1. The highest BCUT2D eigenvalue weighted by Crippen LogP contribution is 2.35. The third-order valence-corrected chi connectivity index (χ3v) is 5.25. The minimum atomic E-state index is -1.77. The Kier molecular flexibility index (Phi) is 6.57. The topological polar surface area (TPSA) is 85.5 Å². The van der Waals surface area contributed by atoms with E-state index < -0.39 is 22.9 Å². The van der Waals surface area contributed by atoms with Gasteiger partial charge in [0.05, 0.1) is 6.61 Å². The van der Waals surface area contributed by atoms with Crippen molar-refractivity contribution in [2.45, 2.75) is 32.3 Å². The molecular weight excluding hydrogens is 406 g/mol. The average Bonchev–Trinajstić information content (AvgIpc) is 2.74. The maximum Gasteiger partial charge on any atom is 0.328 e. The highest BCUT2D eigenvalue weighted by atomic mass is 35.5. The lowest BCUT2D eigenvalue weighted by molar-refractivity contribution is -0.166. The Bertz CT molecular complexity index is 1120. The average molecular weight is 428 g/mol. The Hall–Kier alpha value is -3.12. The molecule has 3 aromatic rings. The van der Waals surface area contributed by atoms with Gasteiger partial charge in [-0.1, -0.05) is 48.9 Å². The fourth-order valence-electron chi connectivity index (χ4n) is 3.45. The summed E-state index contributed by atoms with van der Waals surface area (Å²) < 4.78 is 10.8. The summed E-state index contributed by atoms with van der Waals surface area (Å²) in [6.45, 7) is 3.40. The SMILES string of the molecule is CCOC(=O)C(CC)(C(=O)OCc1ccc(Cl)cc1)c1cc(=O)[nH]c2ccccc12. The van der Waals surface area contributed by atoms with Gasteiger partial charge in [0.1, 0.15) is 6.61 Å². The molecular formula is C23H22ClNO5. The van der Waals surface area contributed by atoms with Gasteiger partial charge in [-0.05, 0) is 42.7 Å². The van der Waals surface area contributed by atoms with Gasteiger partial charge in [-0.25, -0.2) is 0 Å². The second kappa shape index (κ2) is 9.13. The predicted octanol–water partition coefficient (Wildman–Crippen LogP) is 4.14. The largest absolute Gasteiger partial charge is 0.465 e. The summed E-state index contributed by atoms with van der Waals surface area (Å²) in [4.78, 5) is 41.5.